The third-order valence-electron chi connectivity index (χ3n) is 3.24. The van der Waals surface area contributed by atoms with E-state index < -0.39 is 30.7 Å². The molecule has 6 nitrogen and oxygen atoms in total. The second-order valence-electron chi connectivity index (χ2n) is 5.55. The third kappa shape index (κ3) is 3.91. The number of halogens is 3. The van der Waals surface area contributed by atoms with Crippen molar-refractivity contribution in [3.05, 3.63) is 41.7 Å². The molecule has 0 saturated carbocycles. The van der Waals surface area contributed by atoms with Gasteiger partial charge in [0.25, 0.3) is 11.8 Å². The summed E-state index contributed by atoms with van der Waals surface area (Å²) in [5.74, 6) is -4.76. The van der Waals surface area contributed by atoms with Gasteiger partial charge in [-0.15, -0.1) is 5.10 Å². The highest BCUT2D eigenvalue weighted by molar-refractivity contribution is 5.90. The maximum absolute atomic E-state index is 14.0. The number of rotatable bonds is 6. The minimum atomic E-state index is -3.22. The van der Waals surface area contributed by atoms with Crippen LogP contribution in [-0.4, -0.2) is 39.7 Å². The van der Waals surface area contributed by atoms with Gasteiger partial charge < -0.3 is 11.1 Å². The van der Waals surface area contributed by atoms with Crippen molar-refractivity contribution >= 4 is 5.91 Å². The van der Waals surface area contributed by atoms with E-state index in [1.54, 1.807) is 19.9 Å². The van der Waals surface area contributed by atoms with E-state index in [0.717, 1.165) is 0 Å². The summed E-state index contributed by atoms with van der Waals surface area (Å²) in [6, 6.07) is 5.88. The summed E-state index contributed by atoms with van der Waals surface area (Å²) in [4.78, 5) is 16.0. The molecule has 0 atom stereocenters. The molecular weight excluding hydrogens is 323 g/mol. The Morgan fingerprint density at radius 2 is 2.04 bits per heavy atom. The molecule has 0 bridgehead atoms. The molecule has 3 N–H and O–H groups in total. The minimum Gasteiger partial charge on any atom is -0.343 e. The lowest BCUT2D eigenvalue weighted by Crippen LogP contribution is -2.41. The van der Waals surface area contributed by atoms with Crippen molar-refractivity contribution in [3.63, 3.8) is 0 Å². The molecule has 0 fully saturated rings. The van der Waals surface area contributed by atoms with Gasteiger partial charge in [-0.2, -0.15) is 0 Å². The molecule has 2 aromatic rings. The van der Waals surface area contributed by atoms with Crippen molar-refractivity contribution in [1.29, 1.82) is 0 Å². The Hall–Kier alpha value is -2.42. The third-order valence-corrected chi connectivity index (χ3v) is 3.24. The van der Waals surface area contributed by atoms with E-state index in [1.165, 1.54) is 22.9 Å². The number of benzene rings is 1. The Balaban J connectivity index is 2.32. The number of nitrogens with one attached hydrogen (secondary N) is 1. The lowest BCUT2D eigenvalue weighted by molar-refractivity contribution is 0.0117. The maximum Gasteiger partial charge on any atom is 0.291 e. The van der Waals surface area contributed by atoms with Gasteiger partial charge >= 0.3 is 0 Å². The Labute approximate surface area is 136 Å². The van der Waals surface area contributed by atoms with Gasteiger partial charge in [0.1, 0.15) is 17.3 Å². The highest BCUT2D eigenvalue weighted by Gasteiger charge is 2.29. The number of carbonyl (C=O) groups is 1. The molecular formula is C15H18F3N5O. The molecule has 0 aliphatic carbocycles. The second-order valence-corrected chi connectivity index (χ2v) is 5.55. The van der Waals surface area contributed by atoms with Crippen LogP contribution < -0.4 is 11.1 Å². The van der Waals surface area contributed by atoms with Gasteiger partial charge in [0.05, 0.1) is 13.1 Å². The van der Waals surface area contributed by atoms with Crippen molar-refractivity contribution in [1.82, 2.24) is 20.1 Å². The van der Waals surface area contributed by atoms with E-state index in [2.05, 4.69) is 10.1 Å². The van der Waals surface area contributed by atoms with Gasteiger partial charge in [-0.05, 0) is 12.1 Å². The zero-order valence-electron chi connectivity index (χ0n) is 13.3. The molecule has 0 spiro atoms. The summed E-state index contributed by atoms with van der Waals surface area (Å²) >= 11 is 0. The summed E-state index contributed by atoms with van der Waals surface area (Å²) in [6.45, 7) is 1.78. The van der Waals surface area contributed by atoms with Crippen LogP contribution in [-0.2, 0) is 0 Å². The predicted octanol–water partition coefficient (Wildman–Crippen LogP) is 1.85. The van der Waals surface area contributed by atoms with Crippen LogP contribution in [0.4, 0.5) is 13.2 Å². The molecule has 0 aliphatic rings. The number of nitrogens with two attached hydrogens (primary N) is 1. The smallest absolute Gasteiger partial charge is 0.291 e. The first-order valence-electron chi connectivity index (χ1n) is 7.33. The summed E-state index contributed by atoms with van der Waals surface area (Å²) in [7, 11) is 0. The second kappa shape index (κ2) is 7.00. The highest BCUT2D eigenvalue weighted by Crippen LogP contribution is 2.19. The Morgan fingerprint density at radius 3 is 2.62 bits per heavy atom. The van der Waals surface area contributed by atoms with Gasteiger partial charge in [0, 0.05) is 5.92 Å². The fourth-order valence-corrected chi connectivity index (χ4v) is 1.96. The van der Waals surface area contributed by atoms with Crippen molar-refractivity contribution in [2.45, 2.75) is 25.7 Å². The number of para-hydroxylation sites is 1. The van der Waals surface area contributed by atoms with Crippen LogP contribution >= 0.6 is 0 Å². The molecule has 0 aliphatic heterocycles. The van der Waals surface area contributed by atoms with Crippen LogP contribution in [0.2, 0.25) is 0 Å². The van der Waals surface area contributed by atoms with Gasteiger partial charge in [-0.25, -0.2) is 22.8 Å². The topological polar surface area (TPSA) is 85.8 Å². The van der Waals surface area contributed by atoms with Gasteiger partial charge in [0.15, 0.2) is 0 Å². The first-order chi connectivity index (χ1) is 11.2. The van der Waals surface area contributed by atoms with Crippen LogP contribution in [0.15, 0.2) is 24.3 Å². The van der Waals surface area contributed by atoms with E-state index in [4.69, 9.17) is 5.73 Å². The predicted molar refractivity (Wildman–Crippen MR) is 81.7 cm³/mol. The first kappa shape index (κ1) is 17.9. The quantitative estimate of drug-likeness (QED) is 0.840. The number of nitrogens with zero attached hydrogens (tertiary/aromatic N) is 3. The lowest BCUT2D eigenvalue weighted by Gasteiger charge is -2.13. The summed E-state index contributed by atoms with van der Waals surface area (Å²) in [5.41, 5.74) is 5.04. The maximum atomic E-state index is 14.0. The number of carbonyl (C=O) groups excluding carboxylic acids is 1. The van der Waals surface area contributed by atoms with Crippen molar-refractivity contribution in [2.75, 3.05) is 13.1 Å². The average Bonchev–Trinajstić information content (AvgIpc) is 2.98. The van der Waals surface area contributed by atoms with E-state index >= 15 is 0 Å². The van der Waals surface area contributed by atoms with Crippen LogP contribution in [0, 0.1) is 5.82 Å². The van der Waals surface area contributed by atoms with Crippen LogP contribution in [0.25, 0.3) is 5.69 Å². The van der Waals surface area contributed by atoms with E-state index in [-0.39, 0.29) is 17.4 Å². The molecule has 9 heteroatoms. The van der Waals surface area contributed by atoms with E-state index in [1.807, 2.05) is 5.32 Å². The van der Waals surface area contributed by atoms with Crippen LogP contribution in [0.3, 0.4) is 0 Å². The molecule has 1 aromatic heterocycles. The number of aromatic nitrogens is 3. The SMILES string of the molecule is CC(C)c1nc(C(=O)NCC(F)(F)CN)nn1-c1ccccc1F. The zero-order valence-corrected chi connectivity index (χ0v) is 13.3. The zero-order chi connectivity index (χ0) is 17.9. The lowest BCUT2D eigenvalue weighted by atomic mass is 10.2. The monoisotopic (exact) mass is 341 g/mol. The van der Waals surface area contributed by atoms with E-state index in [9.17, 15) is 18.0 Å². The van der Waals surface area contributed by atoms with Crippen molar-refractivity contribution in [2.24, 2.45) is 5.73 Å². The summed E-state index contributed by atoms with van der Waals surface area (Å²) in [6.07, 6.45) is 0. The largest absolute Gasteiger partial charge is 0.343 e. The number of hydrogen-bond acceptors (Lipinski definition) is 4. The molecule has 1 amide bonds. The molecule has 0 saturated heterocycles. The minimum absolute atomic E-state index is 0.125. The fraction of sp³-hybridized carbons (Fsp3) is 0.400. The normalized spacial score (nSPS) is 11.8. The number of hydrogen-bond donors (Lipinski definition) is 2. The highest BCUT2D eigenvalue weighted by atomic mass is 19.3. The first-order valence-corrected chi connectivity index (χ1v) is 7.33. The molecule has 0 unspecified atom stereocenters. The molecule has 0 radical (unpaired) electrons. The van der Waals surface area contributed by atoms with Crippen LogP contribution in [0.5, 0.6) is 0 Å². The Kier molecular flexibility index (Phi) is 5.23. The number of amides is 1. The molecule has 24 heavy (non-hydrogen) atoms. The number of alkyl halides is 2. The van der Waals surface area contributed by atoms with E-state index in [0.29, 0.717) is 5.82 Å². The molecule has 1 heterocycles. The summed E-state index contributed by atoms with van der Waals surface area (Å²) in [5, 5.41) is 6.00. The van der Waals surface area contributed by atoms with Gasteiger partial charge in [-0.3, -0.25) is 4.79 Å². The Morgan fingerprint density at radius 1 is 1.38 bits per heavy atom. The molecule has 1 aromatic carbocycles. The van der Waals surface area contributed by atoms with Crippen molar-refractivity contribution < 1.29 is 18.0 Å². The Bertz CT molecular complexity index is 730. The average molecular weight is 341 g/mol. The standard InChI is InChI=1S/C15H18F3N5O/c1-9(2)13-21-12(14(24)20-8-15(17,18)7-19)22-23(13)11-6-4-3-5-10(11)16/h3-6,9H,7-8,19H2,1-2H3,(H,20,24). The molecule has 130 valence electrons. The van der Waals surface area contributed by atoms with Gasteiger partial charge in [-0.1, -0.05) is 26.0 Å². The molecule has 2 rings (SSSR count). The van der Waals surface area contributed by atoms with Gasteiger partial charge in [0.2, 0.25) is 5.82 Å². The van der Waals surface area contributed by atoms with Crippen molar-refractivity contribution in [3.8, 4) is 5.69 Å². The van der Waals surface area contributed by atoms with Crippen LogP contribution in [0.1, 0.15) is 36.2 Å². The summed E-state index contributed by atoms with van der Waals surface area (Å²) < 4.78 is 41.4. The fourth-order valence-electron chi connectivity index (χ4n) is 1.96.